The van der Waals surface area contributed by atoms with Gasteiger partial charge in [-0.05, 0) is 26.0 Å². The lowest BCUT2D eigenvalue weighted by Gasteiger charge is -2.14. The molecule has 9 heteroatoms. The number of aliphatic hydroxyl groups is 1. The smallest absolute Gasteiger partial charge is 0.291 e. The molecular formula is C18H22N6O3. The van der Waals surface area contributed by atoms with E-state index in [-0.39, 0.29) is 12.5 Å². The van der Waals surface area contributed by atoms with Crippen LogP contribution in [0.15, 0.2) is 35.6 Å². The number of fused-ring (bicyclic) bond motifs is 1. The lowest BCUT2D eigenvalue weighted by Crippen LogP contribution is -2.32. The maximum absolute atomic E-state index is 12.8. The van der Waals surface area contributed by atoms with Crippen LogP contribution in [0, 0.1) is 0 Å². The van der Waals surface area contributed by atoms with E-state index >= 15 is 0 Å². The van der Waals surface area contributed by atoms with Crippen molar-refractivity contribution in [2.45, 2.75) is 45.8 Å². The fourth-order valence-electron chi connectivity index (χ4n) is 2.68. The van der Waals surface area contributed by atoms with Crippen molar-refractivity contribution in [3.63, 3.8) is 0 Å². The van der Waals surface area contributed by atoms with Crippen LogP contribution in [0.5, 0.6) is 0 Å². The summed E-state index contributed by atoms with van der Waals surface area (Å²) < 4.78 is 2.81. The zero-order chi connectivity index (χ0) is 19.8. The first-order valence-electron chi connectivity index (χ1n) is 8.58. The molecule has 0 saturated heterocycles. The van der Waals surface area contributed by atoms with E-state index in [0.29, 0.717) is 22.7 Å². The average Bonchev–Trinajstić information content (AvgIpc) is 3.04. The Hall–Kier alpha value is -3.07. The number of anilines is 1. The van der Waals surface area contributed by atoms with E-state index in [4.69, 9.17) is 0 Å². The molecule has 142 valence electrons. The molecule has 0 aliphatic rings. The molecule has 1 amide bonds. The summed E-state index contributed by atoms with van der Waals surface area (Å²) in [5.74, 6) is 0.554. The Bertz CT molecular complexity index is 1030. The molecule has 3 aromatic heterocycles. The molecule has 0 radical (unpaired) electrons. The maximum Gasteiger partial charge on any atom is 0.291 e. The second-order valence-corrected chi connectivity index (χ2v) is 7.16. The summed E-state index contributed by atoms with van der Waals surface area (Å²) in [5.41, 5.74) is -0.540. The average molecular weight is 370 g/mol. The quantitative estimate of drug-likeness (QED) is 0.699. The summed E-state index contributed by atoms with van der Waals surface area (Å²) in [5, 5.41) is 17.2. The number of aromatic nitrogens is 5. The van der Waals surface area contributed by atoms with Crippen molar-refractivity contribution in [3.8, 4) is 0 Å². The van der Waals surface area contributed by atoms with Crippen LogP contribution in [0.1, 0.15) is 45.0 Å². The molecule has 0 atom stereocenters. The largest absolute Gasteiger partial charge is 0.386 e. The molecule has 0 fully saturated rings. The van der Waals surface area contributed by atoms with Crippen LogP contribution in [-0.4, -0.2) is 35.2 Å². The maximum atomic E-state index is 12.8. The normalized spacial score (nSPS) is 11.9. The Labute approximate surface area is 155 Å². The highest BCUT2D eigenvalue weighted by atomic mass is 16.3. The van der Waals surface area contributed by atoms with Gasteiger partial charge >= 0.3 is 0 Å². The van der Waals surface area contributed by atoms with Crippen molar-refractivity contribution < 1.29 is 9.90 Å². The van der Waals surface area contributed by atoms with Crippen molar-refractivity contribution in [3.05, 3.63) is 52.6 Å². The van der Waals surface area contributed by atoms with Gasteiger partial charge in [0.1, 0.15) is 30.0 Å². The van der Waals surface area contributed by atoms with E-state index in [9.17, 15) is 14.7 Å². The summed E-state index contributed by atoms with van der Waals surface area (Å²) in [6.45, 7) is 6.95. The van der Waals surface area contributed by atoms with Gasteiger partial charge in [-0.25, -0.2) is 14.6 Å². The Morgan fingerprint density at radius 2 is 2.11 bits per heavy atom. The molecule has 0 unspecified atom stereocenters. The van der Waals surface area contributed by atoms with Crippen molar-refractivity contribution >= 4 is 17.2 Å². The van der Waals surface area contributed by atoms with E-state index < -0.39 is 17.1 Å². The van der Waals surface area contributed by atoms with Gasteiger partial charge in [0.15, 0.2) is 0 Å². The molecular weight excluding hydrogens is 348 g/mol. The molecule has 3 heterocycles. The number of hydrogen-bond donors (Lipinski definition) is 2. The summed E-state index contributed by atoms with van der Waals surface area (Å²) in [7, 11) is 0. The Morgan fingerprint density at radius 3 is 2.70 bits per heavy atom. The van der Waals surface area contributed by atoms with Crippen LogP contribution in [0.4, 0.5) is 5.82 Å². The third kappa shape index (κ3) is 3.87. The second-order valence-electron chi connectivity index (χ2n) is 7.16. The van der Waals surface area contributed by atoms with Crippen molar-refractivity contribution in [1.82, 2.24) is 24.1 Å². The number of carbonyl (C=O) groups excluding carboxylic acids is 1. The minimum atomic E-state index is -1.10. The van der Waals surface area contributed by atoms with Crippen molar-refractivity contribution in [2.75, 3.05) is 5.32 Å². The minimum absolute atomic E-state index is 0.00586. The highest BCUT2D eigenvalue weighted by Crippen LogP contribution is 2.23. The first kappa shape index (κ1) is 18.7. The van der Waals surface area contributed by atoms with Gasteiger partial charge in [-0.1, -0.05) is 13.8 Å². The molecule has 0 bridgehead atoms. The molecule has 2 N–H and O–H groups in total. The van der Waals surface area contributed by atoms with Crippen LogP contribution >= 0.6 is 0 Å². The Balaban J connectivity index is 2.01. The first-order chi connectivity index (χ1) is 12.7. The molecule has 3 rings (SSSR count). The van der Waals surface area contributed by atoms with E-state index in [1.165, 1.54) is 12.5 Å². The number of nitrogens with one attached hydrogen (secondary N) is 1. The Morgan fingerprint density at radius 1 is 1.37 bits per heavy atom. The second kappa shape index (κ2) is 6.92. The van der Waals surface area contributed by atoms with Crippen LogP contribution < -0.4 is 10.9 Å². The Kier molecular flexibility index (Phi) is 4.79. The molecule has 3 aromatic rings. The van der Waals surface area contributed by atoms with Gasteiger partial charge in [-0.2, -0.15) is 5.10 Å². The zero-order valence-corrected chi connectivity index (χ0v) is 15.7. The summed E-state index contributed by atoms with van der Waals surface area (Å²) in [6, 6.07) is 3.19. The lowest BCUT2D eigenvalue weighted by atomic mass is 10.0. The number of carbonyl (C=O) groups is 1. The van der Waals surface area contributed by atoms with Crippen molar-refractivity contribution in [1.29, 1.82) is 0 Å². The van der Waals surface area contributed by atoms with E-state index in [2.05, 4.69) is 20.4 Å². The molecule has 9 nitrogen and oxygen atoms in total. The first-order valence-corrected chi connectivity index (χ1v) is 8.58. The zero-order valence-electron chi connectivity index (χ0n) is 15.7. The summed E-state index contributed by atoms with van der Waals surface area (Å²) >= 11 is 0. The standard InChI is InChI=1S/C18H22N6O3/c1-11(2)16-22-24(9-15(25)21-14-5-6-19-10-20-14)17(26)13-7-12(8-23(13)16)18(3,4)27/h5-8,10-11,27H,9H2,1-4H3,(H,19,20,21,25). The van der Waals surface area contributed by atoms with Gasteiger partial charge in [0.25, 0.3) is 5.56 Å². The number of amides is 1. The summed E-state index contributed by atoms with van der Waals surface area (Å²) in [4.78, 5) is 32.8. The van der Waals surface area contributed by atoms with Gasteiger partial charge in [-0.15, -0.1) is 0 Å². The SMILES string of the molecule is CC(C)c1nn(CC(=O)Nc2ccncn2)c(=O)c2cc(C(C)(C)O)cn12. The van der Waals surface area contributed by atoms with Gasteiger partial charge in [-0.3, -0.25) is 14.0 Å². The van der Waals surface area contributed by atoms with Gasteiger partial charge in [0.05, 0.1) is 5.60 Å². The highest BCUT2D eigenvalue weighted by Gasteiger charge is 2.22. The predicted molar refractivity (Wildman–Crippen MR) is 99.4 cm³/mol. The van der Waals surface area contributed by atoms with Crippen LogP contribution in [0.3, 0.4) is 0 Å². The van der Waals surface area contributed by atoms with E-state index in [1.54, 1.807) is 36.6 Å². The monoisotopic (exact) mass is 370 g/mol. The lowest BCUT2D eigenvalue weighted by molar-refractivity contribution is -0.117. The topological polar surface area (TPSA) is 114 Å². The molecule has 0 aromatic carbocycles. The third-order valence-electron chi connectivity index (χ3n) is 4.11. The molecule has 27 heavy (non-hydrogen) atoms. The van der Waals surface area contributed by atoms with Gasteiger partial charge in [0, 0.05) is 23.9 Å². The fourth-order valence-corrected chi connectivity index (χ4v) is 2.68. The van der Waals surface area contributed by atoms with Crippen LogP contribution in [0.25, 0.3) is 5.52 Å². The van der Waals surface area contributed by atoms with Crippen LogP contribution in [0.2, 0.25) is 0 Å². The summed E-state index contributed by atoms with van der Waals surface area (Å²) in [6.07, 6.45) is 4.54. The molecule has 0 spiro atoms. The van der Waals surface area contributed by atoms with Crippen LogP contribution in [-0.2, 0) is 16.9 Å². The predicted octanol–water partition coefficient (Wildman–Crippen LogP) is 1.28. The number of hydrogen-bond acceptors (Lipinski definition) is 6. The van der Waals surface area contributed by atoms with E-state index in [0.717, 1.165) is 4.68 Å². The van der Waals surface area contributed by atoms with E-state index in [1.807, 2.05) is 13.8 Å². The number of nitrogens with zero attached hydrogens (tertiary/aromatic N) is 5. The van der Waals surface area contributed by atoms with Gasteiger partial charge < -0.3 is 10.4 Å². The highest BCUT2D eigenvalue weighted by molar-refractivity contribution is 5.89. The third-order valence-corrected chi connectivity index (χ3v) is 4.11. The van der Waals surface area contributed by atoms with Gasteiger partial charge in [0.2, 0.25) is 5.91 Å². The number of rotatable bonds is 5. The minimum Gasteiger partial charge on any atom is -0.386 e. The van der Waals surface area contributed by atoms with Crippen molar-refractivity contribution in [2.24, 2.45) is 0 Å². The molecule has 0 aliphatic carbocycles. The fraction of sp³-hybridized carbons (Fsp3) is 0.389. The molecule has 0 aliphatic heterocycles. The molecule has 0 saturated carbocycles.